The van der Waals surface area contributed by atoms with Crippen LogP contribution in [-0.4, -0.2) is 34.5 Å². The molecule has 2 aromatic heterocycles. The smallest absolute Gasteiger partial charge is 0.250 e. The molecular formula is C17H18N6O. The van der Waals surface area contributed by atoms with Gasteiger partial charge in [-0.05, 0) is 30.3 Å². The molecular weight excluding hydrogens is 304 g/mol. The number of imidazole rings is 1. The summed E-state index contributed by atoms with van der Waals surface area (Å²) in [4.78, 5) is 22.0. The Hall–Kier alpha value is -3.35. The number of nitrogens with zero attached hydrogens (tertiary/aromatic N) is 4. The van der Waals surface area contributed by atoms with Gasteiger partial charge in [0.25, 0.3) is 5.91 Å². The number of hydrogen-bond donors (Lipinski definition) is 2. The zero-order valence-electron chi connectivity index (χ0n) is 13.5. The van der Waals surface area contributed by atoms with Gasteiger partial charge in [0.15, 0.2) is 0 Å². The third-order valence-corrected chi connectivity index (χ3v) is 3.69. The lowest BCUT2D eigenvalue weighted by atomic mass is 10.1. The molecule has 1 aromatic carbocycles. The molecule has 0 aliphatic rings. The summed E-state index contributed by atoms with van der Waals surface area (Å²) in [5.74, 6) is 0.648. The zero-order valence-corrected chi connectivity index (χ0v) is 13.5. The zero-order chi connectivity index (χ0) is 17.3. The number of nitrogens with two attached hydrogens (primary N) is 2. The van der Waals surface area contributed by atoms with Crippen LogP contribution in [-0.2, 0) is 0 Å². The topological polar surface area (TPSA) is 103 Å². The molecule has 122 valence electrons. The van der Waals surface area contributed by atoms with Crippen LogP contribution in [0.15, 0.2) is 48.9 Å². The van der Waals surface area contributed by atoms with E-state index in [0.29, 0.717) is 17.2 Å². The molecule has 1 amide bonds. The third-order valence-electron chi connectivity index (χ3n) is 3.69. The van der Waals surface area contributed by atoms with Gasteiger partial charge in [-0.25, -0.2) is 9.97 Å². The lowest BCUT2D eigenvalue weighted by Crippen LogP contribution is -2.19. The normalized spacial score (nSPS) is 10.6. The van der Waals surface area contributed by atoms with E-state index in [9.17, 15) is 4.79 Å². The Morgan fingerprint density at radius 3 is 2.58 bits per heavy atom. The first kappa shape index (κ1) is 15.5. The van der Waals surface area contributed by atoms with E-state index in [0.717, 1.165) is 16.9 Å². The lowest BCUT2D eigenvalue weighted by molar-refractivity contribution is 0.100. The first-order valence-electron chi connectivity index (χ1n) is 7.34. The Bertz CT molecular complexity index is 900. The number of hydrogen-bond acceptors (Lipinski definition) is 5. The van der Waals surface area contributed by atoms with Crippen molar-refractivity contribution in [3.8, 4) is 17.1 Å². The van der Waals surface area contributed by atoms with Crippen molar-refractivity contribution in [3.05, 3.63) is 54.5 Å². The van der Waals surface area contributed by atoms with Crippen LogP contribution in [0.2, 0.25) is 0 Å². The molecule has 0 saturated heterocycles. The summed E-state index contributed by atoms with van der Waals surface area (Å²) < 4.78 is 1.88. The van der Waals surface area contributed by atoms with Gasteiger partial charge in [0, 0.05) is 49.6 Å². The van der Waals surface area contributed by atoms with Crippen LogP contribution in [0, 0.1) is 0 Å². The van der Waals surface area contributed by atoms with Gasteiger partial charge in [0.2, 0.25) is 0 Å². The van der Waals surface area contributed by atoms with Crippen molar-refractivity contribution in [1.29, 1.82) is 0 Å². The summed E-state index contributed by atoms with van der Waals surface area (Å²) >= 11 is 0. The highest BCUT2D eigenvalue weighted by molar-refractivity contribution is 5.99. The maximum absolute atomic E-state index is 11.8. The Morgan fingerprint density at radius 1 is 1.12 bits per heavy atom. The SMILES string of the molecule is CN(C)c1ccc(-n2ccnc2-c2ccnc(N)c2)cc1C(N)=O. The number of aromatic nitrogens is 3. The van der Waals surface area contributed by atoms with Crippen LogP contribution < -0.4 is 16.4 Å². The number of carbonyl (C=O) groups is 1. The quantitative estimate of drug-likeness (QED) is 0.760. The second-order valence-corrected chi connectivity index (χ2v) is 5.55. The second-order valence-electron chi connectivity index (χ2n) is 5.55. The fourth-order valence-electron chi connectivity index (χ4n) is 2.57. The molecule has 3 aromatic rings. The van der Waals surface area contributed by atoms with E-state index in [1.807, 2.05) is 48.0 Å². The van der Waals surface area contributed by atoms with Gasteiger partial charge in [-0.15, -0.1) is 0 Å². The van der Waals surface area contributed by atoms with Crippen molar-refractivity contribution in [3.63, 3.8) is 0 Å². The monoisotopic (exact) mass is 322 g/mol. The first-order chi connectivity index (χ1) is 11.5. The Morgan fingerprint density at radius 2 is 1.92 bits per heavy atom. The van der Waals surface area contributed by atoms with Gasteiger partial charge in [0.1, 0.15) is 11.6 Å². The molecule has 0 aliphatic carbocycles. The highest BCUT2D eigenvalue weighted by atomic mass is 16.1. The molecule has 0 bridgehead atoms. The number of carbonyl (C=O) groups excluding carboxylic acids is 1. The number of nitrogen functional groups attached to an aromatic ring is 1. The molecule has 4 N–H and O–H groups in total. The number of pyridine rings is 1. The molecule has 7 heteroatoms. The van der Waals surface area contributed by atoms with E-state index < -0.39 is 5.91 Å². The summed E-state index contributed by atoms with van der Waals surface area (Å²) in [7, 11) is 3.73. The number of amides is 1. The van der Waals surface area contributed by atoms with Crippen molar-refractivity contribution in [2.75, 3.05) is 24.7 Å². The molecule has 0 atom stereocenters. The van der Waals surface area contributed by atoms with E-state index in [2.05, 4.69) is 9.97 Å². The molecule has 0 aliphatic heterocycles. The summed E-state index contributed by atoms with van der Waals surface area (Å²) in [6, 6.07) is 9.12. The van der Waals surface area contributed by atoms with E-state index >= 15 is 0 Å². The van der Waals surface area contributed by atoms with E-state index in [1.165, 1.54) is 0 Å². The summed E-state index contributed by atoms with van der Waals surface area (Å²) in [6.07, 6.45) is 5.14. The van der Waals surface area contributed by atoms with Gasteiger partial charge in [-0.1, -0.05) is 0 Å². The molecule has 0 fully saturated rings. The average Bonchev–Trinajstić information content (AvgIpc) is 3.03. The molecule has 7 nitrogen and oxygen atoms in total. The van der Waals surface area contributed by atoms with Gasteiger partial charge in [0.05, 0.1) is 5.56 Å². The van der Waals surface area contributed by atoms with E-state index in [4.69, 9.17) is 11.5 Å². The predicted molar refractivity (Wildman–Crippen MR) is 94.1 cm³/mol. The Balaban J connectivity index is 2.13. The van der Waals surface area contributed by atoms with Crippen molar-refractivity contribution in [1.82, 2.24) is 14.5 Å². The molecule has 24 heavy (non-hydrogen) atoms. The summed E-state index contributed by atoms with van der Waals surface area (Å²) in [5.41, 5.74) is 14.1. The highest BCUT2D eigenvalue weighted by Crippen LogP contribution is 2.26. The van der Waals surface area contributed by atoms with Gasteiger partial charge < -0.3 is 16.4 Å². The number of primary amides is 1. The minimum atomic E-state index is -0.477. The predicted octanol–water partition coefficient (Wildman–Crippen LogP) is 1.68. The Kier molecular flexibility index (Phi) is 3.91. The van der Waals surface area contributed by atoms with E-state index in [1.54, 1.807) is 24.5 Å². The minimum absolute atomic E-state index is 0.419. The fourth-order valence-corrected chi connectivity index (χ4v) is 2.57. The maximum Gasteiger partial charge on any atom is 0.250 e. The van der Waals surface area contributed by atoms with Crippen molar-refractivity contribution < 1.29 is 4.79 Å². The van der Waals surface area contributed by atoms with Gasteiger partial charge in [-0.2, -0.15) is 0 Å². The van der Waals surface area contributed by atoms with Crippen LogP contribution >= 0.6 is 0 Å². The highest BCUT2D eigenvalue weighted by Gasteiger charge is 2.14. The molecule has 0 radical (unpaired) electrons. The summed E-state index contributed by atoms with van der Waals surface area (Å²) in [5, 5.41) is 0. The largest absolute Gasteiger partial charge is 0.384 e. The van der Waals surface area contributed by atoms with Crippen molar-refractivity contribution in [2.24, 2.45) is 5.73 Å². The van der Waals surface area contributed by atoms with Crippen LogP contribution in [0.5, 0.6) is 0 Å². The molecule has 3 rings (SSSR count). The lowest BCUT2D eigenvalue weighted by Gasteiger charge is -2.17. The van der Waals surface area contributed by atoms with Gasteiger partial charge >= 0.3 is 0 Å². The standard InChI is InChI=1S/C17H18N6O/c1-22(2)14-4-3-12(10-13(14)16(19)24)23-8-7-21-17(23)11-5-6-20-15(18)9-11/h3-10H,1-2H3,(H2,18,20)(H2,19,24). The average molecular weight is 322 g/mol. The fraction of sp³-hybridized carbons (Fsp3) is 0.118. The molecule has 2 heterocycles. The minimum Gasteiger partial charge on any atom is -0.384 e. The third kappa shape index (κ3) is 2.79. The maximum atomic E-state index is 11.8. The molecule has 0 spiro atoms. The molecule has 0 saturated carbocycles. The van der Waals surface area contributed by atoms with Crippen LogP contribution in [0.4, 0.5) is 11.5 Å². The second kappa shape index (κ2) is 6.04. The van der Waals surface area contributed by atoms with E-state index in [-0.39, 0.29) is 0 Å². The van der Waals surface area contributed by atoms with Crippen LogP contribution in [0.3, 0.4) is 0 Å². The van der Waals surface area contributed by atoms with Crippen molar-refractivity contribution >= 4 is 17.4 Å². The van der Waals surface area contributed by atoms with Crippen LogP contribution in [0.25, 0.3) is 17.1 Å². The molecule has 0 unspecified atom stereocenters. The van der Waals surface area contributed by atoms with Gasteiger partial charge in [-0.3, -0.25) is 9.36 Å². The summed E-state index contributed by atoms with van der Waals surface area (Å²) in [6.45, 7) is 0. The Labute approximate surface area is 139 Å². The number of rotatable bonds is 4. The first-order valence-corrected chi connectivity index (χ1v) is 7.34. The van der Waals surface area contributed by atoms with Crippen molar-refractivity contribution in [2.45, 2.75) is 0 Å². The van der Waals surface area contributed by atoms with Crippen LogP contribution in [0.1, 0.15) is 10.4 Å². The number of benzene rings is 1. The number of anilines is 2.